The van der Waals surface area contributed by atoms with E-state index in [0.717, 1.165) is 0 Å². The van der Waals surface area contributed by atoms with Crippen LogP contribution in [-0.2, 0) is 18.3 Å². The molecule has 42 heavy (non-hydrogen) atoms. The molecule has 9 nitrogen and oxygen atoms in total. The summed E-state index contributed by atoms with van der Waals surface area (Å²) in [7, 11) is -4.41. The first-order chi connectivity index (χ1) is 19.4. The monoisotopic (exact) mass is 635 g/mol. The third kappa shape index (κ3) is 8.22. The summed E-state index contributed by atoms with van der Waals surface area (Å²) in [5.41, 5.74) is -0.0759. The molecule has 4 atom stereocenters. The molecule has 0 saturated carbocycles. The maximum Gasteiger partial charge on any atom is 0.351 e. The number of aromatic nitrogens is 2. The molecule has 1 aliphatic rings. The molecule has 2 heterocycles. The number of benzene rings is 1. The van der Waals surface area contributed by atoms with Gasteiger partial charge in [-0.05, 0) is 60.7 Å². The Kier molecular flexibility index (Phi) is 11.1. The van der Waals surface area contributed by atoms with Gasteiger partial charge in [0.25, 0.3) is 5.91 Å². The fraction of sp³-hybridized carbons (Fsp3) is 0.633. The van der Waals surface area contributed by atoms with Crippen LogP contribution in [0, 0.1) is 0 Å². The third-order valence-corrected chi connectivity index (χ3v) is 18.0. The molecular weight excluding hydrogens is 587 g/mol. The molecule has 234 valence electrons. The standard InChI is InChI=1S/C30H49N3O6SSi2/c1-29(2,3)41(8,9)37-19-22-24(36-20-40-7)25(39-42(10,11)30(4,5)6)27(38-22)33-18-17-23(32-28(33)35)31-26(34)21-15-13-12-14-16-21/h12-18,22,24-25,27H,19-20H2,1-11H3,(H,31,32,34,35)/t22-,24-,25-,27-/m1/s1. The number of hydrogen-bond acceptors (Lipinski definition) is 8. The molecule has 2 aromatic rings. The normalized spacial score (nSPS) is 21.9. The Balaban J connectivity index is 1.97. The van der Waals surface area contributed by atoms with Crippen molar-refractivity contribution in [1.82, 2.24) is 9.55 Å². The molecule has 12 heteroatoms. The minimum Gasteiger partial charge on any atom is -0.414 e. The van der Waals surface area contributed by atoms with Gasteiger partial charge >= 0.3 is 5.69 Å². The highest BCUT2D eigenvalue weighted by Gasteiger charge is 2.52. The van der Waals surface area contributed by atoms with E-state index < -0.39 is 46.9 Å². The number of nitrogens with zero attached hydrogens (tertiary/aromatic N) is 2. The van der Waals surface area contributed by atoms with Crippen LogP contribution in [0.5, 0.6) is 0 Å². The lowest BCUT2D eigenvalue weighted by atomic mass is 10.1. The van der Waals surface area contributed by atoms with Crippen molar-refractivity contribution in [1.29, 1.82) is 0 Å². The largest absolute Gasteiger partial charge is 0.414 e. The van der Waals surface area contributed by atoms with E-state index >= 15 is 0 Å². The van der Waals surface area contributed by atoms with Crippen LogP contribution >= 0.6 is 11.8 Å². The second-order valence-electron chi connectivity index (χ2n) is 13.8. The number of thioether (sulfide) groups is 1. The smallest absolute Gasteiger partial charge is 0.351 e. The molecule has 0 unspecified atom stereocenters. The van der Waals surface area contributed by atoms with Gasteiger partial charge in [-0.2, -0.15) is 4.98 Å². The average molecular weight is 636 g/mol. The van der Waals surface area contributed by atoms with Gasteiger partial charge in [0, 0.05) is 11.8 Å². The molecule has 1 amide bonds. The molecule has 1 fully saturated rings. The summed E-state index contributed by atoms with van der Waals surface area (Å²) in [4.78, 5) is 30.3. The molecule has 0 aliphatic carbocycles. The van der Waals surface area contributed by atoms with Gasteiger partial charge in [-0.3, -0.25) is 9.36 Å². The van der Waals surface area contributed by atoms with Gasteiger partial charge in [0.1, 0.15) is 24.1 Å². The van der Waals surface area contributed by atoms with Crippen LogP contribution in [0.3, 0.4) is 0 Å². The molecule has 1 saturated heterocycles. The van der Waals surface area contributed by atoms with Gasteiger partial charge in [-0.1, -0.05) is 59.7 Å². The van der Waals surface area contributed by atoms with Gasteiger partial charge < -0.3 is 23.6 Å². The minimum absolute atomic E-state index is 0.0263. The van der Waals surface area contributed by atoms with Crippen molar-refractivity contribution < 1.29 is 23.1 Å². The number of anilines is 1. The van der Waals surface area contributed by atoms with Crippen LogP contribution in [0.4, 0.5) is 5.82 Å². The number of amides is 1. The highest BCUT2D eigenvalue weighted by Crippen LogP contribution is 2.43. The minimum atomic E-state index is -2.32. The lowest BCUT2D eigenvalue weighted by molar-refractivity contribution is -0.0547. The van der Waals surface area contributed by atoms with Crippen molar-refractivity contribution in [3.8, 4) is 0 Å². The first kappa shape index (κ1) is 34.7. The highest BCUT2D eigenvalue weighted by atomic mass is 32.2. The lowest BCUT2D eigenvalue weighted by Gasteiger charge is -2.41. The molecule has 1 aliphatic heterocycles. The fourth-order valence-electron chi connectivity index (χ4n) is 4.02. The average Bonchev–Trinajstić information content (AvgIpc) is 3.21. The van der Waals surface area contributed by atoms with Crippen LogP contribution in [0.1, 0.15) is 58.1 Å². The van der Waals surface area contributed by atoms with Crippen molar-refractivity contribution in [2.24, 2.45) is 0 Å². The van der Waals surface area contributed by atoms with Crippen LogP contribution in [0.15, 0.2) is 47.4 Å². The van der Waals surface area contributed by atoms with Gasteiger partial charge in [0.2, 0.25) is 0 Å². The Morgan fingerprint density at radius 1 is 1.00 bits per heavy atom. The Morgan fingerprint density at radius 2 is 1.62 bits per heavy atom. The second kappa shape index (κ2) is 13.5. The molecule has 3 rings (SSSR count). The zero-order valence-electron chi connectivity index (χ0n) is 27.0. The topological polar surface area (TPSA) is 101 Å². The summed E-state index contributed by atoms with van der Waals surface area (Å²) >= 11 is 1.57. The van der Waals surface area contributed by atoms with Crippen molar-refractivity contribution in [3.05, 3.63) is 58.6 Å². The van der Waals surface area contributed by atoms with Gasteiger partial charge in [-0.25, -0.2) is 4.79 Å². The van der Waals surface area contributed by atoms with E-state index in [9.17, 15) is 9.59 Å². The van der Waals surface area contributed by atoms with Crippen LogP contribution in [0.2, 0.25) is 36.3 Å². The first-order valence-corrected chi connectivity index (χ1v) is 21.6. The summed E-state index contributed by atoms with van der Waals surface area (Å²) < 4.78 is 28.0. The van der Waals surface area contributed by atoms with Gasteiger partial charge in [0.05, 0.1) is 12.5 Å². The van der Waals surface area contributed by atoms with Crippen molar-refractivity contribution >= 4 is 40.1 Å². The number of carbonyl (C=O) groups excluding carboxylic acids is 1. The van der Waals surface area contributed by atoms with E-state index in [1.54, 1.807) is 48.3 Å². The van der Waals surface area contributed by atoms with Crippen molar-refractivity contribution in [2.75, 3.05) is 24.1 Å². The second-order valence-corrected chi connectivity index (χ2v) is 24.2. The molecule has 1 aromatic heterocycles. The summed E-state index contributed by atoms with van der Waals surface area (Å²) in [5, 5.41) is 2.66. The Bertz CT molecular complexity index is 1260. The van der Waals surface area contributed by atoms with Crippen molar-refractivity contribution in [2.45, 2.75) is 102 Å². The highest BCUT2D eigenvalue weighted by molar-refractivity contribution is 7.98. The number of rotatable bonds is 11. The quantitative estimate of drug-likeness (QED) is 0.220. The Morgan fingerprint density at radius 3 is 2.17 bits per heavy atom. The maximum absolute atomic E-state index is 13.4. The van der Waals surface area contributed by atoms with Gasteiger partial charge in [0.15, 0.2) is 22.9 Å². The number of carbonyl (C=O) groups is 1. The zero-order chi connectivity index (χ0) is 31.5. The molecule has 0 radical (unpaired) electrons. The first-order valence-electron chi connectivity index (χ1n) is 14.4. The number of nitrogens with one attached hydrogen (secondary N) is 1. The number of ether oxygens (including phenoxy) is 2. The number of hydrogen-bond donors (Lipinski definition) is 1. The van der Waals surface area contributed by atoms with Gasteiger partial charge in [-0.15, -0.1) is 11.8 Å². The summed E-state index contributed by atoms with van der Waals surface area (Å²) in [6.07, 6.45) is 1.34. The van der Waals surface area contributed by atoms with E-state index in [2.05, 4.69) is 78.0 Å². The zero-order valence-corrected chi connectivity index (χ0v) is 29.8. The van der Waals surface area contributed by atoms with E-state index in [1.165, 1.54) is 4.57 Å². The predicted molar refractivity (Wildman–Crippen MR) is 175 cm³/mol. The summed E-state index contributed by atoms with van der Waals surface area (Å²) in [6.45, 7) is 22.2. The predicted octanol–water partition coefficient (Wildman–Crippen LogP) is 6.51. The third-order valence-electron chi connectivity index (χ3n) is 8.70. The lowest BCUT2D eigenvalue weighted by Crippen LogP contribution is -2.50. The van der Waals surface area contributed by atoms with E-state index in [0.29, 0.717) is 18.1 Å². The fourth-order valence-corrected chi connectivity index (χ4v) is 6.61. The summed E-state index contributed by atoms with van der Waals surface area (Å²) in [5.74, 6) is 0.273. The Hall–Kier alpha value is -1.81. The molecule has 0 bridgehead atoms. The van der Waals surface area contributed by atoms with E-state index in [1.807, 2.05) is 12.3 Å². The SMILES string of the molecule is CSCO[C@H]1[C@@H](O[Si](C)(C)C(C)(C)C)[C@H](n2ccc(NC(=O)c3ccccc3)nc2=O)O[C@@H]1CO[Si](C)(C)C(C)(C)C. The summed E-state index contributed by atoms with van der Waals surface area (Å²) in [6, 6.07) is 10.4. The molecule has 1 N–H and O–H groups in total. The van der Waals surface area contributed by atoms with Crippen LogP contribution in [-0.4, -0.2) is 69.2 Å². The van der Waals surface area contributed by atoms with Crippen LogP contribution < -0.4 is 11.0 Å². The molecular formula is C30H49N3O6SSi2. The Labute approximate surface area is 257 Å². The van der Waals surface area contributed by atoms with Crippen LogP contribution in [0.25, 0.3) is 0 Å². The molecule has 1 aromatic carbocycles. The van der Waals surface area contributed by atoms with E-state index in [4.69, 9.17) is 18.3 Å². The van der Waals surface area contributed by atoms with Crippen molar-refractivity contribution in [3.63, 3.8) is 0 Å². The molecule has 0 spiro atoms. The van der Waals surface area contributed by atoms with E-state index in [-0.39, 0.29) is 21.8 Å². The maximum atomic E-state index is 13.4.